The van der Waals surface area contributed by atoms with Gasteiger partial charge in [-0.1, -0.05) is 38.5 Å². The molecule has 7 atom stereocenters. The lowest BCUT2D eigenvalue weighted by Crippen LogP contribution is -2.54. The molecular formula is C23H31NO4. The number of epoxide rings is 1. The standard InChI is InChI=1S/C23H31NO4/c1-14-7-6-10-22(2)11-18-19(20-23(14,22)28-20)16(21(25)27-18)13-24-12-15-8-4-5-9-17(15)26-3/h4-5,8-9,14,16,18-20,24H,6-7,10-13H2,1-3H3/t14-,16+,18+,19+,20-,22+,23-/m0/s1. The van der Waals surface area contributed by atoms with E-state index in [1.807, 2.05) is 18.2 Å². The Bertz CT molecular complexity index is 782. The molecule has 5 nitrogen and oxygen atoms in total. The molecule has 1 N–H and O–H groups in total. The lowest BCUT2D eigenvalue weighted by molar-refractivity contribution is -0.146. The first kappa shape index (κ1) is 18.4. The van der Waals surface area contributed by atoms with Crippen LogP contribution in [0.3, 0.4) is 0 Å². The van der Waals surface area contributed by atoms with Gasteiger partial charge in [-0.2, -0.15) is 0 Å². The van der Waals surface area contributed by atoms with Gasteiger partial charge in [0.15, 0.2) is 0 Å². The number of rotatable bonds is 5. The SMILES string of the molecule is COc1ccccc1CNC[C@H]1C(=O)O[C@@H]2C[C@@]3(C)CCC[C@H](C)[C@@]34O[C@H]4[C@@H]21. The average molecular weight is 386 g/mol. The van der Waals surface area contributed by atoms with Crippen LogP contribution in [0.15, 0.2) is 24.3 Å². The van der Waals surface area contributed by atoms with Gasteiger partial charge in [-0.15, -0.1) is 0 Å². The Balaban J connectivity index is 1.30. The Morgan fingerprint density at radius 2 is 2.14 bits per heavy atom. The van der Waals surface area contributed by atoms with Gasteiger partial charge < -0.3 is 19.5 Å². The number of carbonyl (C=O) groups is 1. The summed E-state index contributed by atoms with van der Waals surface area (Å²) in [5.74, 6) is 1.45. The van der Waals surface area contributed by atoms with E-state index < -0.39 is 0 Å². The predicted molar refractivity (Wildman–Crippen MR) is 105 cm³/mol. The van der Waals surface area contributed by atoms with Crippen LogP contribution in [0, 0.1) is 23.2 Å². The highest BCUT2D eigenvalue weighted by Crippen LogP contribution is 2.70. The highest BCUT2D eigenvalue weighted by Gasteiger charge is 2.78. The van der Waals surface area contributed by atoms with Gasteiger partial charge in [0.05, 0.1) is 19.1 Å². The summed E-state index contributed by atoms with van der Waals surface area (Å²) in [5, 5.41) is 3.47. The first-order valence-corrected chi connectivity index (χ1v) is 10.7. The topological polar surface area (TPSA) is 60.1 Å². The fourth-order valence-corrected chi connectivity index (χ4v) is 6.68. The van der Waals surface area contributed by atoms with E-state index in [2.05, 4.69) is 25.2 Å². The van der Waals surface area contributed by atoms with Gasteiger partial charge in [0, 0.05) is 30.0 Å². The highest BCUT2D eigenvalue weighted by molar-refractivity contribution is 5.76. The number of esters is 1. The Labute approximate surface area is 167 Å². The van der Waals surface area contributed by atoms with E-state index in [9.17, 15) is 4.79 Å². The molecule has 4 fully saturated rings. The van der Waals surface area contributed by atoms with Crippen LogP contribution in [0.1, 0.15) is 45.1 Å². The van der Waals surface area contributed by atoms with Crippen LogP contribution in [0.25, 0.3) is 0 Å². The fourth-order valence-electron chi connectivity index (χ4n) is 6.68. The van der Waals surface area contributed by atoms with Crippen LogP contribution >= 0.6 is 0 Å². The third-order valence-corrected chi connectivity index (χ3v) is 8.07. The number of hydrogen-bond acceptors (Lipinski definition) is 5. The van der Waals surface area contributed by atoms with Crippen LogP contribution < -0.4 is 10.1 Å². The third kappa shape index (κ3) is 2.48. The molecule has 1 aromatic rings. The zero-order chi connectivity index (χ0) is 19.5. The van der Waals surface area contributed by atoms with Crippen molar-refractivity contribution in [1.82, 2.24) is 5.32 Å². The second kappa shape index (κ2) is 6.46. The summed E-state index contributed by atoms with van der Waals surface area (Å²) < 4.78 is 17.8. The molecule has 4 aliphatic rings. The van der Waals surface area contributed by atoms with Gasteiger partial charge in [-0.25, -0.2) is 0 Å². The molecule has 2 saturated heterocycles. The summed E-state index contributed by atoms with van der Waals surface area (Å²) in [6, 6.07) is 7.99. The molecule has 2 heterocycles. The maximum absolute atomic E-state index is 12.7. The summed E-state index contributed by atoms with van der Waals surface area (Å²) >= 11 is 0. The molecule has 0 bridgehead atoms. The molecule has 0 amide bonds. The number of ether oxygens (including phenoxy) is 3. The van der Waals surface area contributed by atoms with Crippen LogP contribution in [0.4, 0.5) is 0 Å². The van der Waals surface area contributed by atoms with Crippen molar-refractivity contribution in [2.24, 2.45) is 23.2 Å². The Hall–Kier alpha value is -1.59. The zero-order valence-electron chi connectivity index (χ0n) is 17.1. The minimum atomic E-state index is -0.122. The molecule has 5 heteroatoms. The summed E-state index contributed by atoms with van der Waals surface area (Å²) in [7, 11) is 1.69. The van der Waals surface area contributed by atoms with Crippen LogP contribution in [-0.4, -0.2) is 37.4 Å². The lowest BCUT2D eigenvalue weighted by atomic mass is 9.53. The fraction of sp³-hybridized carbons (Fsp3) is 0.696. The van der Waals surface area contributed by atoms with Crippen molar-refractivity contribution in [2.45, 2.75) is 63.9 Å². The van der Waals surface area contributed by atoms with Crippen molar-refractivity contribution in [3.8, 4) is 5.75 Å². The second-order valence-electron chi connectivity index (χ2n) is 9.49. The summed E-state index contributed by atoms with van der Waals surface area (Å²) in [4.78, 5) is 12.7. The minimum Gasteiger partial charge on any atom is -0.496 e. The molecule has 2 aliphatic carbocycles. The van der Waals surface area contributed by atoms with Crippen molar-refractivity contribution >= 4 is 5.97 Å². The van der Waals surface area contributed by atoms with Crippen molar-refractivity contribution in [1.29, 1.82) is 0 Å². The Morgan fingerprint density at radius 1 is 1.32 bits per heavy atom. The van der Waals surface area contributed by atoms with Crippen LogP contribution in [0.2, 0.25) is 0 Å². The number of benzene rings is 1. The van der Waals surface area contributed by atoms with Crippen LogP contribution in [0.5, 0.6) is 5.75 Å². The zero-order valence-corrected chi connectivity index (χ0v) is 17.1. The van der Waals surface area contributed by atoms with E-state index in [-0.39, 0.29) is 41.0 Å². The lowest BCUT2D eigenvalue weighted by Gasteiger charge is -2.48. The van der Waals surface area contributed by atoms with Gasteiger partial charge in [-0.3, -0.25) is 4.79 Å². The molecule has 5 rings (SSSR count). The van der Waals surface area contributed by atoms with Crippen molar-refractivity contribution < 1.29 is 19.0 Å². The van der Waals surface area contributed by atoms with E-state index in [1.165, 1.54) is 19.3 Å². The monoisotopic (exact) mass is 385 g/mol. The quantitative estimate of drug-likeness (QED) is 0.622. The summed E-state index contributed by atoms with van der Waals surface area (Å²) in [5.41, 5.74) is 1.22. The van der Waals surface area contributed by atoms with Gasteiger partial charge in [0.1, 0.15) is 17.5 Å². The number of nitrogens with one attached hydrogen (secondary N) is 1. The normalized spacial score (nSPS) is 43.5. The summed E-state index contributed by atoms with van der Waals surface area (Å²) in [6.07, 6.45) is 4.82. The van der Waals surface area contributed by atoms with Gasteiger partial charge in [0.2, 0.25) is 0 Å². The number of para-hydroxylation sites is 1. The third-order valence-electron chi connectivity index (χ3n) is 8.07. The molecule has 0 radical (unpaired) electrons. The predicted octanol–water partition coefficient (Wildman–Crippen LogP) is 3.31. The molecule has 2 aliphatic heterocycles. The maximum atomic E-state index is 12.7. The first-order valence-electron chi connectivity index (χ1n) is 10.7. The van der Waals surface area contributed by atoms with Crippen molar-refractivity contribution in [3.05, 3.63) is 29.8 Å². The molecule has 1 spiro atoms. The Morgan fingerprint density at radius 3 is 2.96 bits per heavy atom. The van der Waals surface area contributed by atoms with E-state index in [1.54, 1.807) is 7.11 Å². The van der Waals surface area contributed by atoms with Crippen molar-refractivity contribution in [2.75, 3.05) is 13.7 Å². The smallest absolute Gasteiger partial charge is 0.311 e. The van der Waals surface area contributed by atoms with E-state index in [0.29, 0.717) is 19.0 Å². The number of methoxy groups -OCH3 is 1. The first-order chi connectivity index (χ1) is 13.5. The van der Waals surface area contributed by atoms with Gasteiger partial charge in [-0.05, 0) is 31.2 Å². The largest absolute Gasteiger partial charge is 0.496 e. The maximum Gasteiger partial charge on any atom is 0.311 e. The van der Waals surface area contributed by atoms with E-state index >= 15 is 0 Å². The average Bonchev–Trinajstić information content (AvgIpc) is 3.36. The minimum absolute atomic E-state index is 0.0153. The van der Waals surface area contributed by atoms with E-state index in [4.69, 9.17) is 14.2 Å². The molecule has 0 aromatic heterocycles. The summed E-state index contributed by atoms with van der Waals surface area (Å²) in [6.45, 7) is 6.00. The molecule has 152 valence electrons. The molecule has 28 heavy (non-hydrogen) atoms. The molecule has 2 saturated carbocycles. The van der Waals surface area contributed by atoms with Gasteiger partial charge in [0.25, 0.3) is 0 Å². The second-order valence-corrected chi connectivity index (χ2v) is 9.49. The molecular weight excluding hydrogens is 354 g/mol. The Kier molecular flexibility index (Phi) is 4.25. The van der Waals surface area contributed by atoms with E-state index in [0.717, 1.165) is 17.7 Å². The molecule has 0 unspecified atom stereocenters. The molecule has 1 aromatic carbocycles. The highest BCUT2D eigenvalue weighted by atomic mass is 16.6. The number of carbonyl (C=O) groups excluding carboxylic acids is 1. The van der Waals surface area contributed by atoms with Crippen molar-refractivity contribution in [3.63, 3.8) is 0 Å². The number of hydrogen-bond donors (Lipinski definition) is 1. The van der Waals surface area contributed by atoms with Gasteiger partial charge >= 0.3 is 5.97 Å². The number of fused-ring (bicyclic) bond motifs is 2. The van der Waals surface area contributed by atoms with Crippen LogP contribution in [-0.2, 0) is 20.8 Å².